The Kier molecular flexibility index (Phi) is 3.07. The van der Waals surface area contributed by atoms with E-state index >= 15 is 0 Å². The first kappa shape index (κ1) is 13.3. The van der Waals surface area contributed by atoms with Crippen LogP contribution in [0.1, 0.15) is 24.4 Å². The summed E-state index contributed by atoms with van der Waals surface area (Å²) in [4.78, 5) is 18.1. The van der Waals surface area contributed by atoms with E-state index in [2.05, 4.69) is 22.3 Å². The number of ether oxygens (including phenoxy) is 1. The van der Waals surface area contributed by atoms with Gasteiger partial charge in [0.15, 0.2) is 6.10 Å². The molecule has 1 saturated heterocycles. The lowest BCUT2D eigenvalue weighted by Gasteiger charge is -2.23. The molecule has 4 rings (SSSR count). The summed E-state index contributed by atoms with van der Waals surface area (Å²) in [6, 6.07) is 6.00. The van der Waals surface area contributed by atoms with Gasteiger partial charge in [0.1, 0.15) is 0 Å². The Balaban J connectivity index is 1.60. The van der Waals surface area contributed by atoms with Gasteiger partial charge >= 0.3 is 6.09 Å². The number of pyridine rings is 1. The van der Waals surface area contributed by atoms with E-state index in [0.717, 1.165) is 23.6 Å². The number of carbonyl (C=O) groups is 1. The van der Waals surface area contributed by atoms with E-state index in [1.54, 1.807) is 17.3 Å². The average Bonchev–Trinajstić information content (AvgIpc) is 3.11. The van der Waals surface area contributed by atoms with Crippen LogP contribution >= 0.6 is 0 Å². The van der Waals surface area contributed by atoms with Crippen LogP contribution in [-0.2, 0) is 17.8 Å². The molecule has 0 aliphatic carbocycles. The van der Waals surface area contributed by atoms with Crippen molar-refractivity contribution in [1.29, 1.82) is 0 Å². The zero-order chi connectivity index (χ0) is 15.1. The maximum atomic E-state index is 12.2. The van der Waals surface area contributed by atoms with Crippen LogP contribution in [0.15, 0.2) is 30.6 Å². The van der Waals surface area contributed by atoms with Crippen molar-refractivity contribution >= 4 is 11.8 Å². The summed E-state index contributed by atoms with van der Waals surface area (Å²) < 4.78 is 7.42. The fourth-order valence-electron chi connectivity index (χ4n) is 2.94. The summed E-state index contributed by atoms with van der Waals surface area (Å²) >= 11 is 0. The third kappa shape index (κ3) is 2.14. The Morgan fingerprint density at radius 3 is 3.09 bits per heavy atom. The molecule has 0 radical (unpaired) electrons. The van der Waals surface area contributed by atoms with Crippen molar-refractivity contribution in [1.82, 2.24) is 20.1 Å². The molecule has 7 nitrogen and oxygen atoms in total. The van der Waals surface area contributed by atoms with Gasteiger partial charge in [-0.25, -0.2) is 4.79 Å². The number of anilines is 1. The minimum Gasteiger partial charge on any atom is -0.437 e. The van der Waals surface area contributed by atoms with Gasteiger partial charge in [-0.05, 0) is 19.1 Å². The van der Waals surface area contributed by atoms with Crippen molar-refractivity contribution in [3.05, 3.63) is 42.0 Å². The standard InChI is InChI=1S/C15H17N5O2/c1-10-8-20-13(6-17-10)12(7-18-20)19-9-14(22-15(19)21)11-4-2-3-5-16-11/h2-5,7,10,14,17H,6,8-9H2,1H3/t10-,14?/m0/s1. The van der Waals surface area contributed by atoms with Gasteiger partial charge in [0.25, 0.3) is 0 Å². The van der Waals surface area contributed by atoms with Crippen LogP contribution in [0.3, 0.4) is 0 Å². The average molecular weight is 299 g/mol. The smallest absolute Gasteiger partial charge is 0.415 e. The first-order valence-electron chi connectivity index (χ1n) is 7.39. The van der Waals surface area contributed by atoms with Crippen molar-refractivity contribution in [3.63, 3.8) is 0 Å². The number of fused-ring (bicyclic) bond motifs is 1. The third-order valence-electron chi connectivity index (χ3n) is 4.11. The van der Waals surface area contributed by atoms with Crippen molar-refractivity contribution in [2.24, 2.45) is 0 Å². The molecule has 2 aliphatic rings. The predicted molar refractivity (Wildman–Crippen MR) is 79.3 cm³/mol. The van der Waals surface area contributed by atoms with Gasteiger partial charge in [-0.1, -0.05) is 6.07 Å². The maximum Gasteiger partial charge on any atom is 0.415 e. The second kappa shape index (κ2) is 5.10. The fourth-order valence-corrected chi connectivity index (χ4v) is 2.94. The number of rotatable bonds is 2. The molecule has 2 aromatic rings. The maximum absolute atomic E-state index is 12.2. The topological polar surface area (TPSA) is 72.3 Å². The SMILES string of the molecule is C[C@H]1Cn2ncc(N3CC(c4ccccn4)OC3=O)c2CN1. The van der Waals surface area contributed by atoms with Crippen molar-refractivity contribution in [2.45, 2.75) is 32.2 Å². The van der Waals surface area contributed by atoms with Gasteiger partial charge in [0.2, 0.25) is 0 Å². The van der Waals surface area contributed by atoms with E-state index in [0.29, 0.717) is 19.1 Å². The third-order valence-corrected chi connectivity index (χ3v) is 4.11. The summed E-state index contributed by atoms with van der Waals surface area (Å²) in [5.41, 5.74) is 2.62. The molecule has 114 valence electrons. The lowest BCUT2D eigenvalue weighted by atomic mass is 10.2. The van der Waals surface area contributed by atoms with Gasteiger partial charge < -0.3 is 10.1 Å². The summed E-state index contributed by atoms with van der Waals surface area (Å²) in [6.45, 7) is 4.09. The first-order valence-corrected chi connectivity index (χ1v) is 7.39. The fraction of sp³-hybridized carbons (Fsp3) is 0.400. The van der Waals surface area contributed by atoms with Gasteiger partial charge in [-0.2, -0.15) is 5.10 Å². The Morgan fingerprint density at radius 1 is 1.36 bits per heavy atom. The number of carbonyl (C=O) groups excluding carboxylic acids is 1. The van der Waals surface area contributed by atoms with Crippen LogP contribution < -0.4 is 10.2 Å². The zero-order valence-corrected chi connectivity index (χ0v) is 12.3. The molecule has 0 saturated carbocycles. The number of amides is 1. The molecular formula is C15H17N5O2. The van der Waals surface area contributed by atoms with Crippen LogP contribution in [0.4, 0.5) is 10.5 Å². The molecule has 4 heterocycles. The van der Waals surface area contributed by atoms with Crippen LogP contribution in [0.25, 0.3) is 0 Å². The lowest BCUT2D eigenvalue weighted by Crippen LogP contribution is -2.37. The Bertz CT molecular complexity index is 699. The molecule has 1 amide bonds. The molecular weight excluding hydrogens is 282 g/mol. The van der Waals surface area contributed by atoms with Crippen molar-refractivity contribution < 1.29 is 9.53 Å². The lowest BCUT2D eigenvalue weighted by molar-refractivity contribution is 0.140. The molecule has 22 heavy (non-hydrogen) atoms. The molecule has 2 aliphatic heterocycles. The van der Waals surface area contributed by atoms with Crippen LogP contribution in [0.5, 0.6) is 0 Å². The summed E-state index contributed by atoms with van der Waals surface area (Å²) in [7, 11) is 0. The normalized spacial score (nSPS) is 24.2. The second-order valence-electron chi connectivity index (χ2n) is 5.68. The predicted octanol–water partition coefficient (Wildman–Crippen LogP) is 1.47. The van der Waals surface area contributed by atoms with E-state index in [-0.39, 0.29) is 12.2 Å². The summed E-state index contributed by atoms with van der Waals surface area (Å²) in [5, 5.41) is 7.79. The molecule has 0 spiro atoms. The molecule has 1 fully saturated rings. The Hall–Kier alpha value is -2.41. The summed E-state index contributed by atoms with van der Waals surface area (Å²) in [5.74, 6) is 0. The second-order valence-corrected chi connectivity index (χ2v) is 5.68. The van der Waals surface area contributed by atoms with E-state index in [1.165, 1.54) is 0 Å². The molecule has 1 unspecified atom stereocenters. The molecule has 2 aromatic heterocycles. The highest BCUT2D eigenvalue weighted by Gasteiger charge is 2.36. The van der Waals surface area contributed by atoms with E-state index in [1.807, 2.05) is 22.9 Å². The Labute approximate surface area is 127 Å². The highest BCUT2D eigenvalue weighted by atomic mass is 16.6. The van der Waals surface area contributed by atoms with Crippen molar-refractivity contribution in [3.8, 4) is 0 Å². The molecule has 1 N–H and O–H groups in total. The highest BCUT2D eigenvalue weighted by Crippen LogP contribution is 2.32. The van der Waals surface area contributed by atoms with Crippen LogP contribution in [0.2, 0.25) is 0 Å². The molecule has 0 aromatic carbocycles. The van der Waals surface area contributed by atoms with Gasteiger partial charge in [-0.15, -0.1) is 0 Å². The highest BCUT2D eigenvalue weighted by molar-refractivity contribution is 5.90. The molecule has 0 bridgehead atoms. The number of hydrogen-bond donors (Lipinski definition) is 1. The Morgan fingerprint density at radius 2 is 2.27 bits per heavy atom. The minimum atomic E-state index is -0.343. The quantitative estimate of drug-likeness (QED) is 0.909. The largest absolute Gasteiger partial charge is 0.437 e. The minimum absolute atomic E-state index is 0.334. The first-order chi connectivity index (χ1) is 10.7. The summed E-state index contributed by atoms with van der Waals surface area (Å²) in [6.07, 6.45) is 2.78. The molecule has 7 heteroatoms. The van der Waals surface area contributed by atoms with E-state index in [4.69, 9.17) is 4.74 Å². The van der Waals surface area contributed by atoms with E-state index < -0.39 is 0 Å². The number of hydrogen-bond acceptors (Lipinski definition) is 5. The zero-order valence-electron chi connectivity index (χ0n) is 12.3. The van der Waals surface area contributed by atoms with Gasteiger partial charge in [0.05, 0.1) is 36.4 Å². The number of aromatic nitrogens is 3. The van der Waals surface area contributed by atoms with Gasteiger partial charge in [-0.3, -0.25) is 14.6 Å². The monoisotopic (exact) mass is 299 g/mol. The molecule has 2 atom stereocenters. The number of nitrogens with zero attached hydrogens (tertiary/aromatic N) is 4. The van der Waals surface area contributed by atoms with Crippen molar-refractivity contribution in [2.75, 3.05) is 11.4 Å². The van der Waals surface area contributed by atoms with Gasteiger partial charge in [0, 0.05) is 18.8 Å². The number of cyclic esters (lactones) is 1. The van der Waals surface area contributed by atoms with Crippen LogP contribution in [-0.4, -0.2) is 33.4 Å². The van der Waals surface area contributed by atoms with E-state index in [9.17, 15) is 4.79 Å². The number of nitrogens with one attached hydrogen (secondary N) is 1. The van der Waals surface area contributed by atoms with Crippen LogP contribution in [0, 0.1) is 0 Å².